The standard InChI is InChI=1S/C18H28N2O2.ClH/c1-13-7-8-14(11-15(13)22-4)18(9-5-6-10-18)16(21)20-12-17(2,3)19;/h7-8,11H,5-6,9-10,12,19H2,1-4H3,(H,20,21);1H. The molecule has 3 N–H and O–H groups in total. The van der Waals surface area contributed by atoms with Crippen molar-refractivity contribution in [3.8, 4) is 5.75 Å². The molecule has 0 bridgehead atoms. The number of methoxy groups -OCH3 is 1. The van der Waals surface area contributed by atoms with Crippen LogP contribution in [0.25, 0.3) is 0 Å². The first kappa shape index (κ1) is 19.8. The van der Waals surface area contributed by atoms with Gasteiger partial charge < -0.3 is 15.8 Å². The minimum atomic E-state index is -0.438. The molecule has 1 aromatic carbocycles. The lowest BCUT2D eigenvalue weighted by Crippen LogP contribution is -2.50. The van der Waals surface area contributed by atoms with Crippen LogP contribution in [0, 0.1) is 6.92 Å². The molecule has 130 valence electrons. The Morgan fingerprint density at radius 2 is 1.96 bits per heavy atom. The zero-order chi connectivity index (χ0) is 16.4. The van der Waals surface area contributed by atoms with Gasteiger partial charge in [-0.3, -0.25) is 4.79 Å². The maximum absolute atomic E-state index is 12.9. The molecule has 1 aliphatic rings. The fraction of sp³-hybridized carbons (Fsp3) is 0.611. The number of benzene rings is 1. The summed E-state index contributed by atoms with van der Waals surface area (Å²) in [4.78, 5) is 12.9. The van der Waals surface area contributed by atoms with E-state index < -0.39 is 11.0 Å². The molecule has 0 heterocycles. The van der Waals surface area contributed by atoms with Crippen LogP contribution in [0.4, 0.5) is 0 Å². The summed E-state index contributed by atoms with van der Waals surface area (Å²) < 4.78 is 5.43. The summed E-state index contributed by atoms with van der Waals surface area (Å²) in [5.41, 5.74) is 7.30. The highest BCUT2D eigenvalue weighted by Crippen LogP contribution is 2.42. The second-order valence-corrected chi connectivity index (χ2v) is 7.14. The number of rotatable bonds is 5. The van der Waals surface area contributed by atoms with E-state index in [1.165, 1.54) is 0 Å². The van der Waals surface area contributed by atoms with Crippen molar-refractivity contribution in [3.63, 3.8) is 0 Å². The molecule has 0 spiro atoms. The molecule has 0 unspecified atom stereocenters. The van der Waals surface area contributed by atoms with Crippen molar-refractivity contribution < 1.29 is 9.53 Å². The molecule has 0 radical (unpaired) electrons. The Kier molecular flexibility index (Phi) is 6.49. The van der Waals surface area contributed by atoms with Crippen LogP contribution < -0.4 is 15.8 Å². The fourth-order valence-corrected chi connectivity index (χ4v) is 3.22. The molecule has 0 aromatic heterocycles. The predicted octanol–water partition coefficient (Wildman–Crippen LogP) is 3.09. The monoisotopic (exact) mass is 340 g/mol. The first-order valence-corrected chi connectivity index (χ1v) is 8.01. The number of ether oxygens (including phenoxy) is 1. The highest BCUT2D eigenvalue weighted by molar-refractivity contribution is 5.88. The molecular formula is C18H29ClN2O2. The van der Waals surface area contributed by atoms with Gasteiger partial charge in [0, 0.05) is 12.1 Å². The van der Waals surface area contributed by atoms with E-state index in [9.17, 15) is 4.79 Å². The summed E-state index contributed by atoms with van der Waals surface area (Å²) in [7, 11) is 1.67. The van der Waals surface area contributed by atoms with Crippen LogP contribution in [-0.4, -0.2) is 25.1 Å². The Labute approximate surface area is 145 Å². The van der Waals surface area contributed by atoms with E-state index in [2.05, 4.69) is 11.4 Å². The van der Waals surface area contributed by atoms with Gasteiger partial charge in [-0.2, -0.15) is 0 Å². The Hall–Kier alpha value is -1.26. The Morgan fingerprint density at radius 1 is 1.35 bits per heavy atom. The second-order valence-electron chi connectivity index (χ2n) is 7.14. The lowest BCUT2D eigenvalue weighted by Gasteiger charge is -2.30. The van der Waals surface area contributed by atoms with Gasteiger partial charge in [0.05, 0.1) is 12.5 Å². The molecule has 1 fully saturated rings. The normalized spacial score (nSPS) is 16.6. The summed E-state index contributed by atoms with van der Waals surface area (Å²) in [6.07, 6.45) is 3.93. The van der Waals surface area contributed by atoms with Crippen molar-refractivity contribution in [2.24, 2.45) is 5.73 Å². The van der Waals surface area contributed by atoms with Gasteiger partial charge >= 0.3 is 0 Å². The number of carbonyl (C=O) groups is 1. The molecule has 23 heavy (non-hydrogen) atoms. The van der Waals surface area contributed by atoms with E-state index in [0.29, 0.717) is 6.54 Å². The van der Waals surface area contributed by atoms with Crippen LogP contribution >= 0.6 is 12.4 Å². The molecule has 1 amide bonds. The Balaban J connectivity index is 0.00000264. The van der Waals surface area contributed by atoms with E-state index in [1.54, 1.807) is 7.11 Å². The molecule has 0 saturated heterocycles. The van der Waals surface area contributed by atoms with E-state index in [4.69, 9.17) is 10.5 Å². The van der Waals surface area contributed by atoms with E-state index in [-0.39, 0.29) is 18.3 Å². The average molecular weight is 341 g/mol. The number of amides is 1. The molecule has 1 aliphatic carbocycles. The molecular weight excluding hydrogens is 312 g/mol. The van der Waals surface area contributed by atoms with Crippen LogP contribution in [0.1, 0.15) is 50.7 Å². The average Bonchev–Trinajstić information content (AvgIpc) is 2.95. The number of hydrogen-bond donors (Lipinski definition) is 2. The number of hydrogen-bond acceptors (Lipinski definition) is 3. The first-order valence-electron chi connectivity index (χ1n) is 8.01. The number of aryl methyl sites for hydroxylation is 1. The maximum Gasteiger partial charge on any atom is 0.230 e. The van der Waals surface area contributed by atoms with Gasteiger partial charge in [-0.05, 0) is 50.8 Å². The lowest BCUT2D eigenvalue weighted by atomic mass is 9.77. The van der Waals surface area contributed by atoms with Crippen LogP contribution in [0.5, 0.6) is 5.75 Å². The minimum Gasteiger partial charge on any atom is -0.496 e. The number of halogens is 1. The van der Waals surface area contributed by atoms with Gasteiger partial charge in [0.15, 0.2) is 0 Å². The van der Waals surface area contributed by atoms with Gasteiger partial charge in [-0.15, -0.1) is 12.4 Å². The summed E-state index contributed by atoms with van der Waals surface area (Å²) in [5, 5.41) is 3.05. The van der Waals surface area contributed by atoms with E-state index in [1.807, 2.05) is 32.9 Å². The van der Waals surface area contributed by atoms with Gasteiger partial charge in [-0.1, -0.05) is 25.0 Å². The molecule has 2 rings (SSSR count). The topological polar surface area (TPSA) is 64.3 Å². The summed E-state index contributed by atoms with van der Waals surface area (Å²) in [6, 6.07) is 6.12. The van der Waals surface area contributed by atoms with Gasteiger partial charge in [0.1, 0.15) is 5.75 Å². The SMILES string of the molecule is COc1cc(C2(C(=O)NCC(C)(C)N)CCCC2)ccc1C.Cl. The molecule has 1 saturated carbocycles. The number of nitrogens with one attached hydrogen (secondary N) is 1. The van der Waals surface area contributed by atoms with Crippen molar-refractivity contribution in [3.05, 3.63) is 29.3 Å². The Bertz CT molecular complexity index is 546. The number of nitrogens with two attached hydrogens (primary N) is 1. The zero-order valence-electron chi connectivity index (χ0n) is 14.6. The molecule has 0 atom stereocenters. The summed E-state index contributed by atoms with van der Waals surface area (Å²) in [6.45, 7) is 6.34. The maximum atomic E-state index is 12.9. The second kappa shape index (κ2) is 7.54. The minimum absolute atomic E-state index is 0. The quantitative estimate of drug-likeness (QED) is 0.865. The highest BCUT2D eigenvalue weighted by atomic mass is 35.5. The summed E-state index contributed by atoms with van der Waals surface area (Å²) >= 11 is 0. The molecule has 0 aliphatic heterocycles. The fourth-order valence-electron chi connectivity index (χ4n) is 3.22. The third-order valence-corrected chi connectivity index (χ3v) is 4.56. The third-order valence-electron chi connectivity index (χ3n) is 4.56. The van der Waals surface area contributed by atoms with E-state index in [0.717, 1.165) is 42.6 Å². The van der Waals surface area contributed by atoms with Gasteiger partial charge in [-0.25, -0.2) is 0 Å². The van der Waals surface area contributed by atoms with Gasteiger partial charge in [0.2, 0.25) is 5.91 Å². The van der Waals surface area contributed by atoms with Crippen molar-refractivity contribution in [2.45, 2.75) is 57.4 Å². The summed E-state index contributed by atoms with van der Waals surface area (Å²) in [5.74, 6) is 0.935. The van der Waals surface area contributed by atoms with E-state index >= 15 is 0 Å². The lowest BCUT2D eigenvalue weighted by molar-refractivity contribution is -0.126. The first-order chi connectivity index (χ1) is 10.3. The van der Waals surface area contributed by atoms with Crippen molar-refractivity contribution >= 4 is 18.3 Å². The largest absolute Gasteiger partial charge is 0.496 e. The predicted molar refractivity (Wildman–Crippen MR) is 96.4 cm³/mol. The van der Waals surface area contributed by atoms with Crippen LogP contribution in [0.2, 0.25) is 0 Å². The van der Waals surface area contributed by atoms with Gasteiger partial charge in [0.25, 0.3) is 0 Å². The smallest absolute Gasteiger partial charge is 0.230 e. The zero-order valence-corrected chi connectivity index (χ0v) is 15.4. The van der Waals surface area contributed by atoms with Crippen molar-refractivity contribution in [2.75, 3.05) is 13.7 Å². The molecule has 5 heteroatoms. The Morgan fingerprint density at radius 3 is 2.48 bits per heavy atom. The molecule has 4 nitrogen and oxygen atoms in total. The van der Waals surface area contributed by atoms with Crippen LogP contribution in [0.15, 0.2) is 18.2 Å². The highest BCUT2D eigenvalue weighted by Gasteiger charge is 2.43. The van der Waals surface area contributed by atoms with Crippen LogP contribution in [0.3, 0.4) is 0 Å². The van der Waals surface area contributed by atoms with Crippen molar-refractivity contribution in [1.82, 2.24) is 5.32 Å². The number of carbonyl (C=O) groups excluding carboxylic acids is 1. The molecule has 1 aromatic rings. The third kappa shape index (κ3) is 4.39. The van der Waals surface area contributed by atoms with Crippen molar-refractivity contribution in [1.29, 1.82) is 0 Å². The van der Waals surface area contributed by atoms with Crippen LogP contribution in [-0.2, 0) is 10.2 Å².